The SMILES string of the molecule is COCCOc1cc2[nH]nc(-c3cc(-c4ccc(N5CCS(=O)CC5)cc4)no3)c2cc1F. The Kier molecular flexibility index (Phi) is 6.10. The molecule has 2 aromatic carbocycles. The number of methoxy groups -OCH3 is 1. The van der Waals surface area contributed by atoms with E-state index in [1.54, 1.807) is 19.2 Å². The number of fused-ring (bicyclic) bond motifs is 1. The second-order valence-corrected chi connectivity index (χ2v) is 9.40. The van der Waals surface area contributed by atoms with Gasteiger partial charge in [-0.05, 0) is 18.2 Å². The van der Waals surface area contributed by atoms with Gasteiger partial charge in [-0.3, -0.25) is 9.31 Å². The third kappa shape index (κ3) is 4.49. The summed E-state index contributed by atoms with van der Waals surface area (Å²) in [6.07, 6.45) is 0. The minimum absolute atomic E-state index is 0.132. The Labute approximate surface area is 192 Å². The maximum atomic E-state index is 14.5. The molecule has 1 aliphatic heterocycles. The number of hydrogen-bond donors (Lipinski definition) is 1. The Balaban J connectivity index is 1.36. The lowest BCUT2D eigenvalue weighted by Gasteiger charge is -2.28. The maximum absolute atomic E-state index is 14.5. The molecule has 1 N–H and O–H groups in total. The number of rotatable bonds is 7. The van der Waals surface area contributed by atoms with Gasteiger partial charge in [0.25, 0.3) is 0 Å². The van der Waals surface area contributed by atoms with Crippen LogP contribution in [0.3, 0.4) is 0 Å². The lowest BCUT2D eigenvalue weighted by atomic mass is 10.1. The molecule has 8 nitrogen and oxygen atoms in total. The molecule has 10 heteroatoms. The van der Waals surface area contributed by atoms with E-state index in [2.05, 4.69) is 20.3 Å². The average molecular weight is 471 g/mol. The van der Waals surface area contributed by atoms with Gasteiger partial charge in [0.2, 0.25) is 0 Å². The van der Waals surface area contributed by atoms with Crippen LogP contribution in [0.2, 0.25) is 0 Å². The normalized spacial score (nSPS) is 14.8. The first-order valence-electron chi connectivity index (χ1n) is 10.6. The van der Waals surface area contributed by atoms with Gasteiger partial charge >= 0.3 is 0 Å². The highest BCUT2D eigenvalue weighted by Crippen LogP contribution is 2.33. The molecule has 1 aliphatic rings. The molecule has 0 spiro atoms. The molecule has 0 aliphatic carbocycles. The van der Waals surface area contributed by atoms with E-state index < -0.39 is 16.6 Å². The van der Waals surface area contributed by atoms with E-state index in [4.69, 9.17) is 14.0 Å². The fraction of sp³-hybridized carbons (Fsp3) is 0.304. The molecule has 5 rings (SSSR count). The van der Waals surface area contributed by atoms with Crippen molar-refractivity contribution in [1.29, 1.82) is 0 Å². The number of H-pyrrole nitrogens is 1. The minimum Gasteiger partial charge on any atom is -0.488 e. The van der Waals surface area contributed by atoms with Crippen molar-refractivity contribution in [1.82, 2.24) is 15.4 Å². The number of aromatic nitrogens is 3. The number of nitrogens with one attached hydrogen (secondary N) is 1. The number of hydrogen-bond acceptors (Lipinski definition) is 7. The Bertz CT molecular complexity index is 1280. The van der Waals surface area contributed by atoms with Crippen molar-refractivity contribution in [2.45, 2.75) is 0 Å². The highest BCUT2D eigenvalue weighted by Gasteiger charge is 2.19. The van der Waals surface area contributed by atoms with Crippen LogP contribution in [-0.2, 0) is 15.5 Å². The summed E-state index contributed by atoms with van der Waals surface area (Å²) in [6, 6.07) is 12.8. The summed E-state index contributed by atoms with van der Waals surface area (Å²) in [4.78, 5) is 2.23. The monoisotopic (exact) mass is 470 g/mol. The Morgan fingerprint density at radius 1 is 1.15 bits per heavy atom. The standard InChI is InChI=1S/C23H23FN4O4S/c1-30-8-9-31-21-14-20-17(12-18(21)24)23(26-25-20)22-13-19(27-32-22)15-2-4-16(5-3-15)28-6-10-33(29)11-7-28/h2-5,12-14H,6-11H2,1H3,(H,25,26). The molecular weight excluding hydrogens is 447 g/mol. The Hall–Kier alpha value is -3.24. The van der Waals surface area contributed by atoms with Gasteiger partial charge in [-0.2, -0.15) is 5.10 Å². The van der Waals surface area contributed by atoms with Crippen molar-refractivity contribution < 1.29 is 22.6 Å². The van der Waals surface area contributed by atoms with E-state index in [1.807, 2.05) is 24.3 Å². The third-order valence-electron chi connectivity index (χ3n) is 5.61. The molecule has 1 fully saturated rings. The Morgan fingerprint density at radius 3 is 2.70 bits per heavy atom. The lowest BCUT2D eigenvalue weighted by molar-refractivity contribution is 0.144. The maximum Gasteiger partial charge on any atom is 0.188 e. The molecule has 0 amide bonds. The number of nitrogens with zero attached hydrogens (tertiary/aromatic N) is 3. The van der Waals surface area contributed by atoms with E-state index in [1.165, 1.54) is 6.07 Å². The van der Waals surface area contributed by atoms with Crippen LogP contribution in [0.1, 0.15) is 0 Å². The second kappa shape index (κ2) is 9.32. The van der Waals surface area contributed by atoms with Crippen LogP contribution in [0.4, 0.5) is 10.1 Å². The van der Waals surface area contributed by atoms with Gasteiger partial charge in [0.05, 0.1) is 12.1 Å². The van der Waals surface area contributed by atoms with E-state index in [0.29, 0.717) is 46.2 Å². The third-order valence-corrected chi connectivity index (χ3v) is 6.89. The van der Waals surface area contributed by atoms with Crippen molar-refractivity contribution in [3.05, 3.63) is 48.3 Å². The summed E-state index contributed by atoms with van der Waals surface area (Å²) in [6.45, 7) is 2.21. The molecule has 172 valence electrons. The molecule has 4 aromatic rings. The Morgan fingerprint density at radius 2 is 1.94 bits per heavy atom. The van der Waals surface area contributed by atoms with E-state index in [0.717, 1.165) is 24.3 Å². The molecule has 1 saturated heterocycles. The van der Waals surface area contributed by atoms with Crippen molar-refractivity contribution in [3.8, 4) is 28.5 Å². The lowest BCUT2D eigenvalue weighted by Crippen LogP contribution is -2.37. The first-order chi connectivity index (χ1) is 16.1. The van der Waals surface area contributed by atoms with Crippen molar-refractivity contribution >= 4 is 27.4 Å². The summed E-state index contributed by atoms with van der Waals surface area (Å²) >= 11 is 0. The van der Waals surface area contributed by atoms with Crippen LogP contribution in [0.5, 0.6) is 5.75 Å². The fourth-order valence-electron chi connectivity index (χ4n) is 3.81. The number of halogens is 1. The molecule has 33 heavy (non-hydrogen) atoms. The molecule has 0 bridgehead atoms. The zero-order valence-electron chi connectivity index (χ0n) is 18.0. The molecule has 0 unspecified atom stereocenters. The fourth-order valence-corrected chi connectivity index (χ4v) is 4.87. The zero-order chi connectivity index (χ0) is 22.8. The van der Waals surface area contributed by atoms with Gasteiger partial charge < -0.3 is 18.9 Å². The number of anilines is 1. The van der Waals surface area contributed by atoms with Crippen molar-refractivity contribution in [3.63, 3.8) is 0 Å². The topological polar surface area (TPSA) is 93.5 Å². The summed E-state index contributed by atoms with van der Waals surface area (Å²) in [7, 11) is 0.854. The number of aromatic amines is 1. The summed E-state index contributed by atoms with van der Waals surface area (Å²) in [5, 5.41) is 11.9. The van der Waals surface area contributed by atoms with Gasteiger partial charge in [0.1, 0.15) is 18.0 Å². The largest absolute Gasteiger partial charge is 0.488 e. The molecule has 0 atom stereocenters. The quantitative estimate of drug-likeness (QED) is 0.412. The van der Waals surface area contributed by atoms with Crippen LogP contribution >= 0.6 is 0 Å². The summed E-state index contributed by atoms with van der Waals surface area (Å²) in [5.41, 5.74) is 3.76. The highest BCUT2D eigenvalue weighted by molar-refractivity contribution is 7.85. The molecule has 2 aromatic heterocycles. The zero-order valence-corrected chi connectivity index (χ0v) is 18.9. The molecular formula is C23H23FN4O4S. The summed E-state index contributed by atoms with van der Waals surface area (Å²) in [5.74, 6) is 1.48. The van der Waals surface area contributed by atoms with E-state index >= 15 is 0 Å². The number of ether oxygens (including phenoxy) is 2. The highest BCUT2D eigenvalue weighted by atomic mass is 32.2. The van der Waals surface area contributed by atoms with Gasteiger partial charge in [-0.15, -0.1) is 0 Å². The van der Waals surface area contributed by atoms with Gasteiger partial charge in [-0.25, -0.2) is 4.39 Å². The smallest absolute Gasteiger partial charge is 0.188 e. The van der Waals surface area contributed by atoms with Crippen LogP contribution in [-0.4, -0.2) is 64.5 Å². The first kappa shape index (κ1) is 21.6. The molecule has 3 heterocycles. The first-order valence-corrected chi connectivity index (χ1v) is 12.1. The second-order valence-electron chi connectivity index (χ2n) is 7.70. The van der Waals surface area contributed by atoms with E-state index in [-0.39, 0.29) is 12.4 Å². The van der Waals surface area contributed by atoms with Crippen LogP contribution < -0.4 is 9.64 Å². The van der Waals surface area contributed by atoms with Crippen LogP contribution in [0, 0.1) is 5.82 Å². The van der Waals surface area contributed by atoms with Gasteiger partial charge in [0, 0.05) is 71.3 Å². The van der Waals surface area contributed by atoms with E-state index in [9.17, 15) is 8.60 Å². The minimum atomic E-state index is -0.704. The van der Waals surface area contributed by atoms with Crippen molar-refractivity contribution in [2.24, 2.45) is 0 Å². The summed E-state index contributed by atoms with van der Waals surface area (Å²) < 4.78 is 42.0. The predicted octanol–water partition coefficient (Wildman–Crippen LogP) is 3.62. The molecule has 0 radical (unpaired) electrons. The van der Waals surface area contributed by atoms with Crippen molar-refractivity contribution in [2.75, 3.05) is 49.8 Å². The van der Waals surface area contributed by atoms with Gasteiger partial charge in [-0.1, -0.05) is 17.3 Å². The van der Waals surface area contributed by atoms with Crippen LogP contribution in [0.15, 0.2) is 47.0 Å². The van der Waals surface area contributed by atoms with Gasteiger partial charge in [0.15, 0.2) is 17.3 Å². The predicted molar refractivity (Wildman–Crippen MR) is 124 cm³/mol. The molecule has 0 saturated carbocycles. The van der Waals surface area contributed by atoms with Crippen LogP contribution in [0.25, 0.3) is 33.6 Å². The number of benzene rings is 2. The average Bonchev–Trinajstić information content (AvgIpc) is 3.47.